The molecule has 0 N–H and O–H groups in total. The summed E-state index contributed by atoms with van der Waals surface area (Å²) in [6.45, 7) is 5.18. The molecule has 0 aliphatic rings. The third-order valence-corrected chi connectivity index (χ3v) is 4.30. The molecule has 2 rings (SSSR count). The van der Waals surface area contributed by atoms with Gasteiger partial charge in [-0.15, -0.1) is 11.3 Å². The summed E-state index contributed by atoms with van der Waals surface area (Å²) in [6.07, 6.45) is 0.902. The van der Waals surface area contributed by atoms with E-state index < -0.39 is 0 Å². The number of likely N-dealkylation sites (N-methyl/N-ethyl adjacent to an activating group) is 1. The van der Waals surface area contributed by atoms with Gasteiger partial charge in [0.05, 0.1) is 11.6 Å². The van der Waals surface area contributed by atoms with Gasteiger partial charge < -0.3 is 9.64 Å². The number of rotatable bonds is 7. The van der Waals surface area contributed by atoms with Crippen LogP contribution in [0.1, 0.15) is 29.3 Å². The maximum Gasteiger partial charge on any atom is 0.273 e. The first-order chi connectivity index (χ1) is 11.0. The average molecular weight is 353 g/mol. The minimum Gasteiger partial charge on any atom is -0.492 e. The van der Waals surface area contributed by atoms with Crippen molar-refractivity contribution in [2.24, 2.45) is 5.92 Å². The van der Waals surface area contributed by atoms with E-state index in [4.69, 9.17) is 16.3 Å². The van der Waals surface area contributed by atoms with Crippen LogP contribution in [0, 0.1) is 5.92 Å². The Morgan fingerprint density at radius 3 is 2.91 bits per heavy atom. The van der Waals surface area contributed by atoms with Gasteiger partial charge in [-0.25, -0.2) is 4.98 Å². The molecule has 6 heteroatoms. The normalized spacial score (nSPS) is 10.8. The molecule has 2 aromatic rings. The Kier molecular flexibility index (Phi) is 6.42. The Labute approximate surface area is 146 Å². The van der Waals surface area contributed by atoms with E-state index in [1.54, 1.807) is 35.4 Å². The van der Waals surface area contributed by atoms with Crippen LogP contribution < -0.4 is 4.74 Å². The third kappa shape index (κ3) is 5.52. The van der Waals surface area contributed by atoms with Gasteiger partial charge in [0.2, 0.25) is 0 Å². The molecular formula is C17H21ClN2O2S. The highest BCUT2D eigenvalue weighted by molar-refractivity contribution is 7.09. The number of carbonyl (C=O) groups excluding carboxylic acids is 1. The van der Waals surface area contributed by atoms with Crippen LogP contribution in [0.3, 0.4) is 0 Å². The predicted octanol–water partition coefficient (Wildman–Crippen LogP) is 4.15. The van der Waals surface area contributed by atoms with E-state index in [1.165, 1.54) is 0 Å². The standard InChI is InChI=1S/C17H21ClN2O2S/c1-12(2)9-16-19-15(11-23-16)17(21)20(3)7-8-22-14-6-4-5-13(18)10-14/h4-6,10-12H,7-9H2,1-3H3. The van der Waals surface area contributed by atoms with E-state index in [2.05, 4.69) is 18.8 Å². The maximum atomic E-state index is 12.3. The zero-order valence-corrected chi connectivity index (χ0v) is 15.2. The van der Waals surface area contributed by atoms with Gasteiger partial charge in [-0.05, 0) is 24.1 Å². The fourth-order valence-corrected chi connectivity index (χ4v) is 3.17. The van der Waals surface area contributed by atoms with Crippen LogP contribution in [0.4, 0.5) is 0 Å². The molecule has 1 aromatic carbocycles. The number of ether oxygens (including phenoxy) is 1. The molecule has 0 unspecified atom stereocenters. The van der Waals surface area contributed by atoms with Crippen LogP contribution >= 0.6 is 22.9 Å². The van der Waals surface area contributed by atoms with Gasteiger partial charge in [0, 0.05) is 23.9 Å². The zero-order chi connectivity index (χ0) is 16.8. The second-order valence-corrected chi connectivity index (χ2v) is 7.14. The van der Waals surface area contributed by atoms with Gasteiger partial charge in [0.15, 0.2) is 0 Å². The fourth-order valence-electron chi connectivity index (χ4n) is 2.01. The highest BCUT2D eigenvalue weighted by Crippen LogP contribution is 2.17. The van der Waals surface area contributed by atoms with Crippen LogP contribution in [0.15, 0.2) is 29.6 Å². The summed E-state index contributed by atoms with van der Waals surface area (Å²) in [6, 6.07) is 7.22. The zero-order valence-electron chi connectivity index (χ0n) is 13.6. The van der Waals surface area contributed by atoms with Crippen LogP contribution in [0.25, 0.3) is 0 Å². The van der Waals surface area contributed by atoms with Gasteiger partial charge in [-0.3, -0.25) is 4.79 Å². The molecule has 0 saturated heterocycles. The van der Waals surface area contributed by atoms with Crippen molar-refractivity contribution in [2.75, 3.05) is 20.2 Å². The smallest absolute Gasteiger partial charge is 0.273 e. The van der Waals surface area contributed by atoms with Crippen molar-refractivity contribution in [3.63, 3.8) is 0 Å². The summed E-state index contributed by atoms with van der Waals surface area (Å²) in [7, 11) is 1.76. The van der Waals surface area contributed by atoms with Gasteiger partial charge in [0.1, 0.15) is 18.1 Å². The topological polar surface area (TPSA) is 42.4 Å². The quantitative estimate of drug-likeness (QED) is 0.751. The molecule has 1 heterocycles. The van der Waals surface area contributed by atoms with E-state index in [1.807, 2.05) is 17.5 Å². The fraction of sp³-hybridized carbons (Fsp3) is 0.412. The lowest BCUT2D eigenvalue weighted by atomic mass is 10.1. The molecule has 0 atom stereocenters. The van der Waals surface area contributed by atoms with Crippen LogP contribution in [0.2, 0.25) is 5.02 Å². The first-order valence-corrected chi connectivity index (χ1v) is 8.79. The number of nitrogens with zero attached hydrogens (tertiary/aromatic N) is 2. The molecule has 23 heavy (non-hydrogen) atoms. The summed E-state index contributed by atoms with van der Waals surface area (Å²) < 4.78 is 5.61. The van der Waals surface area contributed by atoms with Crippen molar-refractivity contribution in [3.05, 3.63) is 45.4 Å². The molecule has 0 spiro atoms. The first-order valence-electron chi connectivity index (χ1n) is 7.54. The summed E-state index contributed by atoms with van der Waals surface area (Å²) >= 11 is 7.44. The molecule has 4 nitrogen and oxygen atoms in total. The highest BCUT2D eigenvalue weighted by atomic mass is 35.5. The van der Waals surface area contributed by atoms with Crippen molar-refractivity contribution in [2.45, 2.75) is 20.3 Å². The Hall–Kier alpha value is -1.59. The van der Waals surface area contributed by atoms with Gasteiger partial charge in [-0.1, -0.05) is 31.5 Å². The Morgan fingerprint density at radius 2 is 2.22 bits per heavy atom. The van der Waals surface area contributed by atoms with Gasteiger partial charge in [-0.2, -0.15) is 0 Å². The molecule has 124 valence electrons. The number of hydrogen-bond donors (Lipinski definition) is 0. The second kappa shape index (κ2) is 8.31. The van der Waals surface area contributed by atoms with Gasteiger partial charge >= 0.3 is 0 Å². The SMILES string of the molecule is CC(C)Cc1nc(C(=O)N(C)CCOc2cccc(Cl)c2)cs1. The Morgan fingerprint density at radius 1 is 1.43 bits per heavy atom. The van der Waals surface area contributed by atoms with Crippen LogP contribution in [0.5, 0.6) is 5.75 Å². The number of carbonyl (C=O) groups is 1. The lowest BCUT2D eigenvalue weighted by molar-refractivity contribution is 0.0768. The summed E-state index contributed by atoms with van der Waals surface area (Å²) in [5.41, 5.74) is 0.510. The average Bonchev–Trinajstić information content (AvgIpc) is 2.94. The number of benzene rings is 1. The summed E-state index contributed by atoms with van der Waals surface area (Å²) in [4.78, 5) is 18.4. The van der Waals surface area contributed by atoms with Gasteiger partial charge in [0.25, 0.3) is 5.91 Å². The number of aromatic nitrogens is 1. The number of amides is 1. The van der Waals surface area contributed by atoms with E-state index >= 15 is 0 Å². The Balaban J connectivity index is 1.84. The number of halogens is 1. The second-order valence-electron chi connectivity index (χ2n) is 5.76. The molecule has 0 fully saturated rings. The van der Waals surface area contributed by atoms with Crippen molar-refractivity contribution >= 4 is 28.8 Å². The third-order valence-electron chi connectivity index (χ3n) is 3.19. The molecule has 0 radical (unpaired) electrons. The lowest BCUT2D eigenvalue weighted by Gasteiger charge is -2.16. The van der Waals surface area contributed by atoms with E-state index in [0.29, 0.717) is 35.5 Å². The molecule has 1 aromatic heterocycles. The van der Waals surface area contributed by atoms with Crippen molar-refractivity contribution in [1.82, 2.24) is 9.88 Å². The van der Waals surface area contributed by atoms with Crippen molar-refractivity contribution < 1.29 is 9.53 Å². The minimum atomic E-state index is -0.0778. The minimum absolute atomic E-state index is 0.0778. The molecule has 1 amide bonds. The lowest BCUT2D eigenvalue weighted by Crippen LogP contribution is -2.31. The molecule has 0 aliphatic carbocycles. The molecule has 0 aliphatic heterocycles. The largest absolute Gasteiger partial charge is 0.492 e. The van der Waals surface area contributed by atoms with Crippen LogP contribution in [-0.4, -0.2) is 36.0 Å². The van der Waals surface area contributed by atoms with Crippen molar-refractivity contribution in [1.29, 1.82) is 0 Å². The van der Waals surface area contributed by atoms with Crippen molar-refractivity contribution in [3.8, 4) is 5.75 Å². The molecule has 0 saturated carbocycles. The summed E-state index contributed by atoms with van der Waals surface area (Å²) in [5, 5.41) is 3.47. The van der Waals surface area contributed by atoms with E-state index in [0.717, 1.165) is 11.4 Å². The summed E-state index contributed by atoms with van der Waals surface area (Å²) in [5.74, 6) is 1.16. The Bertz CT molecular complexity index is 658. The number of hydrogen-bond acceptors (Lipinski definition) is 4. The molecular weight excluding hydrogens is 332 g/mol. The van der Waals surface area contributed by atoms with E-state index in [9.17, 15) is 4.79 Å². The highest BCUT2D eigenvalue weighted by Gasteiger charge is 2.15. The first kappa shape index (κ1) is 17.8. The van der Waals surface area contributed by atoms with Crippen LogP contribution in [-0.2, 0) is 6.42 Å². The monoisotopic (exact) mass is 352 g/mol. The maximum absolute atomic E-state index is 12.3. The predicted molar refractivity (Wildman–Crippen MR) is 94.6 cm³/mol. The molecule has 0 bridgehead atoms. The number of thiazole rings is 1. The van der Waals surface area contributed by atoms with E-state index in [-0.39, 0.29) is 5.91 Å².